The van der Waals surface area contributed by atoms with E-state index in [1.165, 1.54) is 6.07 Å². The summed E-state index contributed by atoms with van der Waals surface area (Å²) in [6.07, 6.45) is 1.56. The fraction of sp³-hybridized carbons (Fsp3) is 0.111. The summed E-state index contributed by atoms with van der Waals surface area (Å²) in [6.45, 7) is 2.31. The Morgan fingerprint density at radius 3 is 2.88 bits per heavy atom. The van der Waals surface area contributed by atoms with E-state index >= 15 is 0 Å². The minimum absolute atomic E-state index is 0.0294. The van der Waals surface area contributed by atoms with Gasteiger partial charge in [0.1, 0.15) is 5.58 Å². The van der Waals surface area contributed by atoms with E-state index in [2.05, 4.69) is 20.9 Å². The number of phenols is 1. The van der Waals surface area contributed by atoms with Crippen LogP contribution in [0.2, 0.25) is 0 Å². The molecular formula is C18H14BrNO4. The summed E-state index contributed by atoms with van der Waals surface area (Å²) in [5, 5.41) is 11.1. The molecule has 5 nitrogen and oxygen atoms in total. The first-order valence-electron chi connectivity index (χ1n) is 7.30. The number of rotatable bonds is 4. The van der Waals surface area contributed by atoms with Crippen molar-refractivity contribution in [3.63, 3.8) is 0 Å². The Hall–Kier alpha value is -2.60. The average Bonchev–Trinajstić information content (AvgIpc) is 2.57. The molecule has 0 amide bonds. The van der Waals surface area contributed by atoms with Gasteiger partial charge in [-0.1, -0.05) is 0 Å². The van der Waals surface area contributed by atoms with Crippen molar-refractivity contribution in [1.82, 2.24) is 0 Å². The van der Waals surface area contributed by atoms with Crippen molar-refractivity contribution in [3.05, 3.63) is 62.9 Å². The van der Waals surface area contributed by atoms with E-state index in [0.29, 0.717) is 33.7 Å². The van der Waals surface area contributed by atoms with E-state index < -0.39 is 0 Å². The highest BCUT2D eigenvalue weighted by atomic mass is 79.9. The molecule has 0 saturated carbocycles. The lowest BCUT2D eigenvalue weighted by Crippen LogP contribution is -1.95. The highest BCUT2D eigenvalue weighted by Crippen LogP contribution is 2.34. The van der Waals surface area contributed by atoms with Crippen molar-refractivity contribution in [3.8, 4) is 11.5 Å². The van der Waals surface area contributed by atoms with Crippen LogP contribution in [-0.4, -0.2) is 17.9 Å². The molecule has 1 N–H and O–H groups in total. The molecule has 3 rings (SSSR count). The predicted molar refractivity (Wildman–Crippen MR) is 96.7 cm³/mol. The Kier molecular flexibility index (Phi) is 4.66. The molecular weight excluding hydrogens is 374 g/mol. The first-order chi connectivity index (χ1) is 11.6. The van der Waals surface area contributed by atoms with Gasteiger partial charge in [-0.3, -0.25) is 4.99 Å². The van der Waals surface area contributed by atoms with Gasteiger partial charge < -0.3 is 14.3 Å². The largest absolute Gasteiger partial charge is 0.504 e. The molecule has 0 radical (unpaired) electrons. The molecule has 0 fully saturated rings. The Morgan fingerprint density at radius 2 is 2.08 bits per heavy atom. The Morgan fingerprint density at radius 1 is 1.25 bits per heavy atom. The number of halogens is 1. The highest BCUT2D eigenvalue weighted by Gasteiger charge is 2.10. The second-order valence-electron chi connectivity index (χ2n) is 4.98. The molecule has 0 atom stereocenters. The molecule has 2 aromatic carbocycles. The normalized spacial score (nSPS) is 11.2. The molecule has 0 unspecified atom stereocenters. The van der Waals surface area contributed by atoms with Gasteiger partial charge in [-0.2, -0.15) is 0 Å². The molecule has 1 heterocycles. The van der Waals surface area contributed by atoms with Gasteiger partial charge in [0.15, 0.2) is 11.5 Å². The van der Waals surface area contributed by atoms with Gasteiger partial charge in [0.05, 0.1) is 17.9 Å². The first-order valence-corrected chi connectivity index (χ1v) is 8.10. The van der Waals surface area contributed by atoms with Gasteiger partial charge >= 0.3 is 5.63 Å². The van der Waals surface area contributed by atoms with E-state index in [1.807, 2.05) is 6.92 Å². The molecule has 6 heteroatoms. The topological polar surface area (TPSA) is 72.0 Å². The van der Waals surface area contributed by atoms with Crippen LogP contribution in [0.1, 0.15) is 12.5 Å². The molecule has 1 aromatic heterocycles. The summed E-state index contributed by atoms with van der Waals surface area (Å²) < 4.78 is 11.2. The van der Waals surface area contributed by atoms with Crippen molar-refractivity contribution in [2.45, 2.75) is 6.92 Å². The number of aromatic hydroxyl groups is 1. The lowest BCUT2D eigenvalue weighted by Gasteiger charge is -2.09. The summed E-state index contributed by atoms with van der Waals surface area (Å²) in [5.41, 5.74) is 1.31. The van der Waals surface area contributed by atoms with Gasteiger partial charge in [-0.25, -0.2) is 4.79 Å². The highest BCUT2D eigenvalue weighted by molar-refractivity contribution is 9.10. The number of fused-ring (bicyclic) bond motifs is 1. The minimum atomic E-state index is -0.389. The van der Waals surface area contributed by atoms with Crippen LogP contribution >= 0.6 is 15.9 Å². The molecule has 0 spiro atoms. The van der Waals surface area contributed by atoms with Crippen LogP contribution in [0.5, 0.6) is 11.5 Å². The molecule has 24 heavy (non-hydrogen) atoms. The van der Waals surface area contributed by atoms with Crippen molar-refractivity contribution >= 4 is 38.8 Å². The number of aliphatic imine (C=N–C) groups is 1. The maximum atomic E-state index is 11.2. The van der Waals surface area contributed by atoms with Gasteiger partial charge in [0.2, 0.25) is 0 Å². The van der Waals surface area contributed by atoms with E-state index in [9.17, 15) is 9.90 Å². The van der Waals surface area contributed by atoms with Crippen LogP contribution in [0.4, 0.5) is 5.69 Å². The fourth-order valence-corrected chi connectivity index (χ4v) is 2.66. The number of hydrogen-bond acceptors (Lipinski definition) is 5. The van der Waals surface area contributed by atoms with Gasteiger partial charge in [-0.05, 0) is 59.3 Å². The van der Waals surface area contributed by atoms with Crippen molar-refractivity contribution in [1.29, 1.82) is 0 Å². The van der Waals surface area contributed by atoms with E-state index in [0.717, 1.165) is 5.39 Å². The average molecular weight is 388 g/mol. The lowest BCUT2D eigenvalue weighted by molar-refractivity contribution is 0.318. The van der Waals surface area contributed by atoms with Crippen LogP contribution in [0.25, 0.3) is 11.0 Å². The monoisotopic (exact) mass is 387 g/mol. The van der Waals surface area contributed by atoms with Crippen LogP contribution in [0.15, 0.2) is 61.1 Å². The number of hydrogen-bond donors (Lipinski definition) is 1. The maximum Gasteiger partial charge on any atom is 0.336 e. The van der Waals surface area contributed by atoms with Crippen LogP contribution in [-0.2, 0) is 0 Å². The maximum absolute atomic E-state index is 11.2. The van der Waals surface area contributed by atoms with Gasteiger partial charge in [0, 0.05) is 22.1 Å². The van der Waals surface area contributed by atoms with Gasteiger partial charge in [-0.15, -0.1) is 0 Å². The van der Waals surface area contributed by atoms with E-state index in [4.69, 9.17) is 9.15 Å². The summed E-state index contributed by atoms with van der Waals surface area (Å²) in [7, 11) is 0. The lowest BCUT2D eigenvalue weighted by atomic mass is 10.2. The molecule has 0 aliphatic heterocycles. The quantitative estimate of drug-likeness (QED) is 0.531. The number of benzene rings is 2. The van der Waals surface area contributed by atoms with Gasteiger partial charge in [0.25, 0.3) is 0 Å². The third-order valence-electron chi connectivity index (χ3n) is 3.37. The number of nitrogens with zero attached hydrogens (tertiary/aromatic N) is 1. The standard InChI is InChI=1S/C18H14BrNO4/c1-2-23-16-7-5-14(19)13(18(16)22)10-20-12-4-6-15-11(9-12)3-8-17(21)24-15/h3-10,22H,2H2,1H3. The zero-order chi connectivity index (χ0) is 17.1. The molecule has 0 aliphatic rings. The Bertz CT molecular complexity index is 978. The van der Waals surface area contributed by atoms with Crippen molar-refractivity contribution in [2.24, 2.45) is 4.99 Å². The second kappa shape index (κ2) is 6.88. The molecule has 3 aromatic rings. The minimum Gasteiger partial charge on any atom is -0.504 e. The summed E-state index contributed by atoms with van der Waals surface area (Å²) in [4.78, 5) is 15.6. The van der Waals surface area contributed by atoms with Crippen molar-refractivity contribution in [2.75, 3.05) is 6.61 Å². The second-order valence-corrected chi connectivity index (χ2v) is 5.83. The van der Waals surface area contributed by atoms with Crippen molar-refractivity contribution < 1.29 is 14.3 Å². The SMILES string of the molecule is CCOc1ccc(Br)c(C=Nc2ccc3oc(=O)ccc3c2)c1O. The summed E-state index contributed by atoms with van der Waals surface area (Å²) in [6, 6.07) is 11.8. The predicted octanol–water partition coefficient (Wildman–Crippen LogP) is 4.41. The summed E-state index contributed by atoms with van der Waals surface area (Å²) in [5.74, 6) is 0.434. The van der Waals surface area contributed by atoms with E-state index in [1.54, 1.807) is 42.6 Å². The Balaban J connectivity index is 1.97. The zero-order valence-electron chi connectivity index (χ0n) is 12.8. The smallest absolute Gasteiger partial charge is 0.336 e. The molecule has 122 valence electrons. The number of phenolic OH excluding ortho intramolecular Hbond substituents is 1. The third kappa shape index (κ3) is 3.33. The number of ether oxygens (including phenoxy) is 1. The van der Waals surface area contributed by atoms with Crippen LogP contribution in [0.3, 0.4) is 0 Å². The van der Waals surface area contributed by atoms with Crippen LogP contribution in [0, 0.1) is 0 Å². The third-order valence-corrected chi connectivity index (χ3v) is 4.06. The molecule has 0 saturated heterocycles. The zero-order valence-corrected chi connectivity index (χ0v) is 14.4. The van der Waals surface area contributed by atoms with E-state index in [-0.39, 0.29) is 11.4 Å². The Labute approximate surface area is 146 Å². The summed E-state index contributed by atoms with van der Waals surface area (Å²) >= 11 is 3.40. The first kappa shape index (κ1) is 16.3. The molecule has 0 aliphatic carbocycles. The molecule has 0 bridgehead atoms. The van der Waals surface area contributed by atoms with Crippen LogP contribution < -0.4 is 10.4 Å². The fourth-order valence-electron chi connectivity index (χ4n) is 2.24.